The highest BCUT2D eigenvalue weighted by molar-refractivity contribution is 9.10. The second-order valence-electron chi connectivity index (χ2n) is 3.93. The zero-order valence-corrected chi connectivity index (χ0v) is 11.2. The zero-order chi connectivity index (χ0) is 13.4. The van der Waals surface area contributed by atoms with Gasteiger partial charge in [-0.05, 0) is 33.6 Å². The maximum atomic E-state index is 11.9. The van der Waals surface area contributed by atoms with Gasteiger partial charge < -0.3 is 4.98 Å². The van der Waals surface area contributed by atoms with Gasteiger partial charge in [-0.1, -0.05) is 12.1 Å². The highest BCUT2D eigenvalue weighted by atomic mass is 79.9. The second-order valence-corrected chi connectivity index (χ2v) is 4.72. The molecule has 0 spiro atoms. The first kappa shape index (κ1) is 11.7. The van der Waals surface area contributed by atoms with E-state index in [2.05, 4.69) is 32.0 Å². The van der Waals surface area contributed by atoms with E-state index in [0.717, 1.165) is 5.56 Å². The van der Waals surface area contributed by atoms with Gasteiger partial charge in [0.2, 0.25) is 0 Å². The summed E-state index contributed by atoms with van der Waals surface area (Å²) in [5, 5.41) is 8.78. The van der Waals surface area contributed by atoms with E-state index in [4.69, 9.17) is 5.26 Å². The maximum absolute atomic E-state index is 11.9. The highest BCUT2D eigenvalue weighted by Crippen LogP contribution is 2.27. The van der Waals surface area contributed by atoms with Crippen LogP contribution in [-0.4, -0.2) is 14.4 Å². The van der Waals surface area contributed by atoms with Crippen molar-refractivity contribution in [1.82, 2.24) is 14.4 Å². The molecule has 0 aliphatic rings. The van der Waals surface area contributed by atoms with Crippen LogP contribution in [0.2, 0.25) is 0 Å². The van der Waals surface area contributed by atoms with E-state index in [0.29, 0.717) is 21.4 Å². The molecule has 0 radical (unpaired) electrons. The van der Waals surface area contributed by atoms with Gasteiger partial charge in [-0.25, -0.2) is 9.78 Å². The minimum Gasteiger partial charge on any atom is -0.305 e. The molecule has 0 saturated heterocycles. The minimum atomic E-state index is -0.255. The van der Waals surface area contributed by atoms with E-state index in [-0.39, 0.29) is 5.69 Å². The van der Waals surface area contributed by atoms with Crippen LogP contribution in [0, 0.1) is 11.3 Å². The average Bonchev–Trinajstić information content (AvgIpc) is 2.93. The summed E-state index contributed by atoms with van der Waals surface area (Å²) in [6.45, 7) is 0. The van der Waals surface area contributed by atoms with Gasteiger partial charge in [-0.3, -0.25) is 4.40 Å². The van der Waals surface area contributed by atoms with Crippen molar-refractivity contribution in [3.8, 4) is 17.3 Å². The first-order chi connectivity index (χ1) is 9.20. The van der Waals surface area contributed by atoms with Gasteiger partial charge in [0.1, 0.15) is 0 Å². The molecule has 0 unspecified atom stereocenters. The molecule has 1 N–H and O–H groups in total. The van der Waals surface area contributed by atoms with Crippen LogP contribution in [0.5, 0.6) is 0 Å². The number of fused-ring (bicyclic) bond motifs is 1. The molecular formula is C13H7BrN4O. The number of aromatic amines is 1. The van der Waals surface area contributed by atoms with Crippen LogP contribution in [0.15, 0.2) is 45.9 Å². The molecule has 0 aliphatic heterocycles. The van der Waals surface area contributed by atoms with Crippen LogP contribution < -0.4 is 5.69 Å². The lowest BCUT2D eigenvalue weighted by Crippen LogP contribution is -2.16. The normalized spacial score (nSPS) is 10.5. The number of H-pyrrole nitrogens is 1. The van der Waals surface area contributed by atoms with E-state index in [9.17, 15) is 4.79 Å². The van der Waals surface area contributed by atoms with Gasteiger partial charge in [0.05, 0.1) is 21.8 Å². The minimum absolute atomic E-state index is 0.255. The van der Waals surface area contributed by atoms with E-state index in [1.807, 2.05) is 0 Å². The number of imidazole rings is 1. The van der Waals surface area contributed by atoms with Gasteiger partial charge in [-0.2, -0.15) is 5.26 Å². The summed E-state index contributed by atoms with van der Waals surface area (Å²) < 4.78 is 2.14. The van der Waals surface area contributed by atoms with Crippen molar-refractivity contribution < 1.29 is 0 Å². The summed E-state index contributed by atoms with van der Waals surface area (Å²) in [4.78, 5) is 18.8. The first-order valence-electron chi connectivity index (χ1n) is 5.46. The van der Waals surface area contributed by atoms with Crippen LogP contribution in [0.4, 0.5) is 0 Å². The molecule has 3 aromatic rings. The third-order valence-corrected chi connectivity index (χ3v) is 3.56. The maximum Gasteiger partial charge on any atom is 0.331 e. The molecule has 5 nitrogen and oxygen atoms in total. The number of halogens is 1. The summed E-state index contributed by atoms with van der Waals surface area (Å²) in [6.07, 6.45) is 3.17. The molecule has 92 valence electrons. The Morgan fingerprint density at radius 1 is 1.32 bits per heavy atom. The molecule has 2 heterocycles. The SMILES string of the molecule is N#Cc1ccc(-c2[nH]c(=O)n3ccnc3c2Br)cc1. The van der Waals surface area contributed by atoms with Gasteiger partial charge in [0.15, 0.2) is 5.65 Å². The van der Waals surface area contributed by atoms with Crippen LogP contribution in [0.1, 0.15) is 5.56 Å². The highest BCUT2D eigenvalue weighted by Gasteiger charge is 2.11. The quantitative estimate of drug-likeness (QED) is 0.749. The zero-order valence-electron chi connectivity index (χ0n) is 9.59. The topological polar surface area (TPSA) is 74.0 Å². The van der Waals surface area contributed by atoms with Crippen molar-refractivity contribution in [3.63, 3.8) is 0 Å². The van der Waals surface area contributed by atoms with Crippen molar-refractivity contribution >= 4 is 21.6 Å². The Labute approximate surface area is 116 Å². The van der Waals surface area contributed by atoms with Crippen LogP contribution in [0.3, 0.4) is 0 Å². The van der Waals surface area contributed by atoms with Gasteiger partial charge in [0, 0.05) is 12.4 Å². The first-order valence-corrected chi connectivity index (χ1v) is 6.25. The van der Waals surface area contributed by atoms with Gasteiger partial charge in [0.25, 0.3) is 0 Å². The van der Waals surface area contributed by atoms with E-state index in [1.165, 1.54) is 4.40 Å². The lowest BCUT2D eigenvalue weighted by molar-refractivity contribution is 1.00. The average molecular weight is 315 g/mol. The molecule has 2 aromatic heterocycles. The molecule has 0 saturated carbocycles. The third-order valence-electron chi connectivity index (χ3n) is 2.81. The molecule has 6 heteroatoms. The predicted octanol–water partition coefficient (Wildman–Crippen LogP) is 2.32. The Bertz CT molecular complexity index is 855. The van der Waals surface area contributed by atoms with Crippen molar-refractivity contribution in [1.29, 1.82) is 5.26 Å². The van der Waals surface area contributed by atoms with E-state index < -0.39 is 0 Å². The Morgan fingerprint density at radius 3 is 2.74 bits per heavy atom. The lowest BCUT2D eigenvalue weighted by Gasteiger charge is -2.06. The summed E-state index contributed by atoms with van der Waals surface area (Å²) in [6, 6.07) is 9.04. The van der Waals surface area contributed by atoms with E-state index >= 15 is 0 Å². The lowest BCUT2D eigenvalue weighted by atomic mass is 10.1. The van der Waals surface area contributed by atoms with Crippen molar-refractivity contribution in [3.05, 3.63) is 57.2 Å². The Morgan fingerprint density at radius 2 is 2.05 bits per heavy atom. The van der Waals surface area contributed by atoms with Crippen molar-refractivity contribution in [2.24, 2.45) is 0 Å². The third kappa shape index (κ3) is 1.84. The fourth-order valence-electron chi connectivity index (χ4n) is 1.87. The van der Waals surface area contributed by atoms with Crippen LogP contribution in [0.25, 0.3) is 16.9 Å². The molecule has 0 bridgehead atoms. The Kier molecular flexibility index (Phi) is 2.69. The Hall–Kier alpha value is -2.39. The number of nitrogens with one attached hydrogen (secondary N) is 1. The molecular weight excluding hydrogens is 308 g/mol. The number of hydrogen-bond donors (Lipinski definition) is 1. The number of nitrogens with zero attached hydrogens (tertiary/aromatic N) is 3. The fraction of sp³-hybridized carbons (Fsp3) is 0. The summed E-state index contributed by atoms with van der Waals surface area (Å²) in [5.74, 6) is 0. The number of nitriles is 1. The number of rotatable bonds is 1. The second kappa shape index (κ2) is 4.37. The number of benzene rings is 1. The summed E-state index contributed by atoms with van der Waals surface area (Å²) in [5.41, 5.74) is 2.34. The predicted molar refractivity (Wildman–Crippen MR) is 73.7 cm³/mol. The molecule has 0 amide bonds. The molecule has 0 fully saturated rings. The van der Waals surface area contributed by atoms with Crippen molar-refractivity contribution in [2.75, 3.05) is 0 Å². The van der Waals surface area contributed by atoms with Crippen molar-refractivity contribution in [2.45, 2.75) is 0 Å². The standard InChI is InChI=1S/C13H7BrN4O/c14-10-11(9-3-1-8(7-15)2-4-9)17-13(19)18-6-5-16-12(10)18/h1-6H,(H,17,19). The summed E-state index contributed by atoms with van der Waals surface area (Å²) in [7, 11) is 0. The number of hydrogen-bond acceptors (Lipinski definition) is 3. The van der Waals surface area contributed by atoms with Crippen LogP contribution in [-0.2, 0) is 0 Å². The Balaban J connectivity index is 2.27. The summed E-state index contributed by atoms with van der Waals surface area (Å²) >= 11 is 3.45. The molecule has 0 atom stereocenters. The monoisotopic (exact) mass is 314 g/mol. The largest absolute Gasteiger partial charge is 0.331 e. The van der Waals surface area contributed by atoms with Gasteiger partial charge >= 0.3 is 5.69 Å². The van der Waals surface area contributed by atoms with Gasteiger partial charge in [-0.15, -0.1) is 0 Å². The fourth-order valence-corrected chi connectivity index (χ4v) is 2.50. The molecule has 1 aromatic carbocycles. The van der Waals surface area contributed by atoms with Crippen LogP contribution >= 0.6 is 15.9 Å². The molecule has 0 aliphatic carbocycles. The van der Waals surface area contributed by atoms with E-state index in [1.54, 1.807) is 36.7 Å². The molecule has 3 rings (SSSR count). The molecule has 19 heavy (non-hydrogen) atoms. The smallest absolute Gasteiger partial charge is 0.305 e. The number of aromatic nitrogens is 3.